The van der Waals surface area contributed by atoms with Crippen LogP contribution in [0.3, 0.4) is 0 Å². The second-order valence-corrected chi connectivity index (χ2v) is 13.9. The van der Waals surface area contributed by atoms with Crippen LogP contribution in [0.5, 0.6) is 5.75 Å². The lowest BCUT2D eigenvalue weighted by Crippen LogP contribution is -2.40. The lowest BCUT2D eigenvalue weighted by atomic mass is 9.92. The molecule has 14 heteroatoms. The van der Waals surface area contributed by atoms with Crippen LogP contribution in [0, 0.1) is 12.3 Å². The van der Waals surface area contributed by atoms with E-state index < -0.39 is 40.3 Å². The number of hydrogen-bond donors (Lipinski definition) is 3. The highest BCUT2D eigenvalue weighted by atomic mass is 32.2. The highest BCUT2D eigenvalue weighted by Gasteiger charge is 2.45. The average molecular weight is 607 g/mol. The zero-order valence-electron chi connectivity index (χ0n) is 23.5. The molecule has 0 bridgehead atoms. The molecule has 6 rings (SSSR count). The number of ether oxygens (including phenoxy) is 1. The maximum absolute atomic E-state index is 13.8. The molecule has 4 aliphatic rings. The third-order valence-electron chi connectivity index (χ3n) is 8.98. The van der Waals surface area contributed by atoms with E-state index in [1.54, 1.807) is 24.0 Å². The monoisotopic (exact) mass is 606 g/mol. The lowest BCUT2D eigenvalue weighted by Gasteiger charge is -2.35. The van der Waals surface area contributed by atoms with Crippen LogP contribution in [0.15, 0.2) is 12.1 Å². The lowest BCUT2D eigenvalue weighted by molar-refractivity contribution is -0.0222. The fourth-order valence-corrected chi connectivity index (χ4v) is 7.15. The Hall–Kier alpha value is -3.26. The molecule has 42 heavy (non-hydrogen) atoms. The molecule has 3 aliphatic heterocycles. The van der Waals surface area contributed by atoms with Crippen molar-refractivity contribution in [3.8, 4) is 5.75 Å². The van der Waals surface area contributed by atoms with E-state index >= 15 is 0 Å². The van der Waals surface area contributed by atoms with Gasteiger partial charge in [-0.05, 0) is 50.2 Å². The van der Waals surface area contributed by atoms with Crippen molar-refractivity contribution in [2.24, 2.45) is 11.1 Å². The van der Waals surface area contributed by atoms with Crippen molar-refractivity contribution in [3.63, 3.8) is 0 Å². The number of piperidine rings is 2. The van der Waals surface area contributed by atoms with Crippen LogP contribution in [0.1, 0.15) is 71.9 Å². The topological polar surface area (TPSA) is 151 Å². The van der Waals surface area contributed by atoms with Gasteiger partial charge in [0.1, 0.15) is 17.4 Å². The first-order valence-electron chi connectivity index (χ1n) is 14.4. The van der Waals surface area contributed by atoms with E-state index in [4.69, 9.17) is 10.5 Å². The van der Waals surface area contributed by atoms with Gasteiger partial charge < -0.3 is 25.4 Å². The van der Waals surface area contributed by atoms with Crippen molar-refractivity contribution in [1.29, 1.82) is 0 Å². The minimum Gasteiger partial charge on any atom is -0.482 e. The molecule has 1 unspecified atom stereocenters. The maximum Gasteiger partial charge on any atom is 0.254 e. The van der Waals surface area contributed by atoms with Gasteiger partial charge >= 0.3 is 0 Å². The molecule has 4 heterocycles. The van der Waals surface area contributed by atoms with Gasteiger partial charge in [0.15, 0.2) is 0 Å². The van der Waals surface area contributed by atoms with E-state index in [0.717, 1.165) is 12.8 Å². The average Bonchev–Trinajstić information content (AvgIpc) is 3.51. The molecule has 1 aromatic heterocycles. The van der Waals surface area contributed by atoms with Crippen molar-refractivity contribution in [2.75, 3.05) is 53.1 Å². The smallest absolute Gasteiger partial charge is 0.254 e. The summed E-state index contributed by atoms with van der Waals surface area (Å²) in [4.78, 5) is 25.8. The largest absolute Gasteiger partial charge is 0.482 e. The minimum absolute atomic E-state index is 0.116. The Morgan fingerprint density at radius 3 is 2.38 bits per heavy atom. The Labute approximate surface area is 243 Å². The third kappa shape index (κ3) is 5.70. The molecule has 1 spiro atoms. The summed E-state index contributed by atoms with van der Waals surface area (Å²) in [5, 5.41) is 9.31. The molecule has 1 aliphatic carbocycles. The second kappa shape index (κ2) is 10.5. The molecule has 1 aromatic carbocycles. The van der Waals surface area contributed by atoms with E-state index in [1.165, 1.54) is 12.8 Å². The summed E-state index contributed by atoms with van der Waals surface area (Å²) in [5.41, 5.74) is 8.83. The van der Waals surface area contributed by atoms with Crippen LogP contribution >= 0.6 is 0 Å². The number of primary amides is 1. The van der Waals surface area contributed by atoms with Gasteiger partial charge in [-0.25, -0.2) is 27.2 Å². The fraction of sp³-hybridized carbons (Fsp3) is 0.607. The molecule has 228 valence electrons. The van der Waals surface area contributed by atoms with Crippen LogP contribution in [0.2, 0.25) is 0 Å². The van der Waals surface area contributed by atoms with Crippen LogP contribution in [0.4, 0.5) is 26.1 Å². The molecular weight excluding hydrogens is 570 g/mol. The fourth-order valence-electron chi connectivity index (χ4n) is 6.29. The van der Waals surface area contributed by atoms with Crippen LogP contribution in [-0.4, -0.2) is 73.9 Å². The predicted octanol–water partition coefficient (Wildman–Crippen LogP) is 2.91. The number of benzene rings is 1. The quantitative estimate of drug-likeness (QED) is 0.412. The van der Waals surface area contributed by atoms with Gasteiger partial charge in [-0.2, -0.15) is 0 Å². The van der Waals surface area contributed by atoms with Crippen molar-refractivity contribution in [1.82, 2.24) is 9.97 Å². The number of nitrogens with zero attached hydrogens (tertiary/aromatic N) is 4. The molecule has 3 fully saturated rings. The highest BCUT2D eigenvalue weighted by molar-refractivity contribution is 7.92. The Balaban J connectivity index is 1.37. The van der Waals surface area contributed by atoms with Gasteiger partial charge in [0.05, 0.1) is 29.4 Å². The minimum atomic E-state index is -3.90. The zero-order valence-corrected chi connectivity index (χ0v) is 24.4. The molecule has 1 saturated carbocycles. The number of aromatic nitrogens is 2. The normalized spacial score (nSPS) is 22.5. The number of anilines is 3. The zero-order chi connectivity index (χ0) is 29.9. The molecule has 1 atom stereocenters. The summed E-state index contributed by atoms with van der Waals surface area (Å²) in [6.45, 7) is 2.86. The maximum atomic E-state index is 13.8. The number of aryl methyl sites for hydroxylation is 1. The second-order valence-electron chi connectivity index (χ2n) is 12.0. The molecule has 2 saturated heterocycles. The van der Waals surface area contributed by atoms with Crippen molar-refractivity contribution in [2.45, 2.75) is 63.9 Å². The predicted molar refractivity (Wildman–Crippen MR) is 153 cm³/mol. The third-order valence-corrected chi connectivity index (χ3v) is 10.2. The number of halogens is 2. The molecular formula is C28H36F2N6O5S. The van der Waals surface area contributed by atoms with E-state index in [-0.39, 0.29) is 49.4 Å². The summed E-state index contributed by atoms with van der Waals surface area (Å²) in [7, 11) is -3.90. The summed E-state index contributed by atoms with van der Waals surface area (Å²) < 4.78 is 62.0. The van der Waals surface area contributed by atoms with Gasteiger partial charge in [-0.1, -0.05) is 0 Å². The van der Waals surface area contributed by atoms with E-state index in [0.29, 0.717) is 47.1 Å². The number of fused-ring (bicyclic) bond motifs is 1. The summed E-state index contributed by atoms with van der Waals surface area (Å²) in [6.07, 6.45) is 3.26. The first kappa shape index (κ1) is 28.8. The van der Waals surface area contributed by atoms with Crippen molar-refractivity contribution < 1.29 is 31.8 Å². The number of carbonyl (C=O) groups excluding carboxylic acids is 1. The first-order valence-corrected chi connectivity index (χ1v) is 16.0. The molecule has 4 N–H and O–H groups in total. The molecule has 2 aromatic rings. The number of carbonyl (C=O) groups is 1. The molecule has 1 amide bonds. The van der Waals surface area contributed by atoms with Crippen LogP contribution in [0.25, 0.3) is 0 Å². The number of amides is 1. The number of sulfonamides is 1. The van der Waals surface area contributed by atoms with E-state index in [1.807, 2.05) is 0 Å². The Bertz CT molecular complexity index is 1500. The summed E-state index contributed by atoms with van der Waals surface area (Å²) >= 11 is 0. The Morgan fingerprint density at radius 2 is 1.76 bits per heavy atom. The van der Waals surface area contributed by atoms with Crippen molar-refractivity contribution >= 4 is 33.3 Å². The number of nitrogens with two attached hydrogens (primary N) is 1. The van der Waals surface area contributed by atoms with Crippen molar-refractivity contribution in [3.05, 3.63) is 34.6 Å². The Morgan fingerprint density at radius 1 is 1.10 bits per heavy atom. The van der Waals surface area contributed by atoms with Gasteiger partial charge in [0.25, 0.3) is 11.8 Å². The first-order chi connectivity index (χ1) is 19.9. The highest BCUT2D eigenvalue weighted by Crippen LogP contribution is 2.55. The van der Waals surface area contributed by atoms with Gasteiger partial charge in [-0.3, -0.25) is 9.52 Å². The summed E-state index contributed by atoms with van der Waals surface area (Å²) in [5.74, 6) is -3.37. The molecule has 0 radical (unpaired) electrons. The van der Waals surface area contributed by atoms with E-state index in [9.17, 15) is 27.1 Å². The number of nitrogens with one attached hydrogen (secondary N) is 1. The van der Waals surface area contributed by atoms with Gasteiger partial charge in [0.2, 0.25) is 16.0 Å². The number of aliphatic hydroxyl groups is 1. The summed E-state index contributed by atoms with van der Waals surface area (Å²) in [6, 6.07) is 3.38. The number of aliphatic hydroxyl groups excluding tert-OH is 1. The van der Waals surface area contributed by atoms with E-state index in [2.05, 4.69) is 19.6 Å². The number of hydrogen-bond acceptors (Lipinski definition) is 9. The standard InChI is InChI=1S/C28H36F2N6O5S/c1-17-14-20(33-26(32-17)36-10-6-28(29,30)7-11-36)22-15-18-19(34-42(39,40)13-12-37)16-21(23(25(31)38)24(18)41-22)35-8-4-27(2-3-27)5-9-35/h14,16,22,34,37H,2-13,15H2,1H3,(H2,31,38). The SMILES string of the molecule is Cc1cc(C2Cc3c(NS(=O)(=O)CCO)cc(N4CCC5(CC4)CC5)c(C(N)=O)c3O2)nc(N2CCC(F)(F)CC2)n1. The van der Waals surface area contributed by atoms with Gasteiger partial charge in [0, 0.05) is 56.7 Å². The van der Waals surface area contributed by atoms with Gasteiger partial charge in [-0.15, -0.1) is 0 Å². The number of alkyl halides is 2. The van der Waals surface area contributed by atoms with Crippen LogP contribution in [-0.2, 0) is 16.4 Å². The molecule has 11 nitrogen and oxygen atoms in total. The Kier molecular flexibility index (Phi) is 7.19. The number of rotatable bonds is 8. The van der Waals surface area contributed by atoms with Crippen LogP contribution < -0.4 is 25.0 Å².